The number of urea groups is 1. The molecule has 0 spiro atoms. The summed E-state index contributed by atoms with van der Waals surface area (Å²) in [5.41, 5.74) is 0. The normalized spacial score (nSPS) is 24.7. The van der Waals surface area contributed by atoms with Crippen LogP contribution in [0.2, 0.25) is 0 Å². The number of nitrogens with zero attached hydrogens (tertiary/aromatic N) is 1. The molecule has 1 saturated carbocycles. The van der Waals surface area contributed by atoms with Gasteiger partial charge in [0, 0.05) is 32.8 Å². The Morgan fingerprint density at radius 1 is 1.26 bits per heavy atom. The van der Waals surface area contributed by atoms with Gasteiger partial charge in [0.25, 0.3) is 0 Å². The molecule has 2 aliphatic rings. The summed E-state index contributed by atoms with van der Waals surface area (Å²) in [6.45, 7) is 0.440. The molecule has 0 aromatic carbocycles. The van der Waals surface area contributed by atoms with Gasteiger partial charge in [0.15, 0.2) is 0 Å². The predicted octanol–water partition coefficient (Wildman–Crippen LogP) is 1.71. The van der Waals surface area contributed by atoms with Crippen LogP contribution in [-0.2, 0) is 9.53 Å². The number of alkyl halides is 3. The van der Waals surface area contributed by atoms with E-state index in [2.05, 4.69) is 5.32 Å². The van der Waals surface area contributed by atoms with E-state index < -0.39 is 43.1 Å². The monoisotopic (exact) mass is 338 g/mol. The predicted molar refractivity (Wildman–Crippen MR) is 73.8 cm³/mol. The molecular weight excluding hydrogens is 317 g/mol. The first-order valence-electron chi connectivity index (χ1n) is 7.69. The summed E-state index contributed by atoms with van der Waals surface area (Å²) in [5, 5.41) is 11.4. The van der Waals surface area contributed by atoms with E-state index in [0.29, 0.717) is 25.6 Å². The maximum atomic E-state index is 12.8. The second kappa shape index (κ2) is 7.37. The smallest absolute Gasteiger partial charge is 0.394 e. The Morgan fingerprint density at radius 3 is 2.48 bits per heavy atom. The fourth-order valence-electron chi connectivity index (χ4n) is 2.57. The fourth-order valence-corrected chi connectivity index (χ4v) is 2.57. The highest BCUT2D eigenvalue weighted by molar-refractivity contribution is 5.77. The molecule has 6 nitrogen and oxygen atoms in total. The third kappa shape index (κ3) is 5.26. The van der Waals surface area contributed by atoms with Gasteiger partial charge in [-0.05, 0) is 25.2 Å². The van der Waals surface area contributed by atoms with E-state index in [1.54, 1.807) is 0 Å². The highest BCUT2D eigenvalue weighted by Crippen LogP contribution is 2.37. The van der Waals surface area contributed by atoms with Gasteiger partial charge in [-0.3, -0.25) is 4.79 Å². The first-order valence-corrected chi connectivity index (χ1v) is 7.69. The molecular formula is C14H21F3N2O4. The molecule has 0 unspecified atom stereocenters. The zero-order chi connectivity index (χ0) is 17.0. The Kier molecular flexibility index (Phi) is 5.72. The molecule has 0 radical (unpaired) electrons. The van der Waals surface area contributed by atoms with Crippen molar-refractivity contribution in [1.29, 1.82) is 0 Å². The number of aliphatic carboxylic acids is 1. The summed E-state index contributed by atoms with van der Waals surface area (Å²) < 4.78 is 43.9. The van der Waals surface area contributed by atoms with Crippen LogP contribution in [0, 0.1) is 17.8 Å². The zero-order valence-electron chi connectivity index (χ0n) is 12.6. The number of hydrogen-bond donors (Lipinski definition) is 2. The van der Waals surface area contributed by atoms with Crippen LogP contribution in [0.5, 0.6) is 0 Å². The molecule has 2 rings (SSSR count). The first kappa shape index (κ1) is 17.8. The number of halogens is 3. The summed E-state index contributed by atoms with van der Waals surface area (Å²) in [6, 6.07) is -0.662. The van der Waals surface area contributed by atoms with Gasteiger partial charge < -0.3 is 20.1 Å². The number of carboxylic acid groups (broad SMARTS) is 1. The molecule has 1 saturated heterocycles. The largest absolute Gasteiger partial charge is 0.481 e. The third-order valence-electron chi connectivity index (χ3n) is 4.14. The number of rotatable bonds is 7. The second-order valence-corrected chi connectivity index (χ2v) is 6.10. The molecule has 23 heavy (non-hydrogen) atoms. The minimum absolute atomic E-state index is 0.286. The van der Waals surface area contributed by atoms with E-state index in [1.165, 1.54) is 12.8 Å². The molecule has 132 valence electrons. The van der Waals surface area contributed by atoms with Gasteiger partial charge in [-0.25, -0.2) is 4.79 Å². The molecule has 2 atom stereocenters. The Morgan fingerprint density at radius 2 is 1.96 bits per heavy atom. The molecule has 2 amide bonds. The van der Waals surface area contributed by atoms with Crippen molar-refractivity contribution >= 4 is 12.0 Å². The number of nitrogens with one attached hydrogen (secondary N) is 1. The van der Waals surface area contributed by atoms with Crippen LogP contribution in [0.3, 0.4) is 0 Å². The van der Waals surface area contributed by atoms with Crippen molar-refractivity contribution in [2.24, 2.45) is 17.8 Å². The third-order valence-corrected chi connectivity index (χ3v) is 4.14. The number of hydrogen-bond acceptors (Lipinski definition) is 3. The second-order valence-electron chi connectivity index (χ2n) is 6.10. The average Bonchev–Trinajstić information content (AvgIpc) is 3.15. The van der Waals surface area contributed by atoms with E-state index in [4.69, 9.17) is 9.84 Å². The van der Waals surface area contributed by atoms with Crippen molar-refractivity contribution < 1.29 is 32.6 Å². The molecule has 1 aliphatic carbocycles. The summed E-state index contributed by atoms with van der Waals surface area (Å²) in [4.78, 5) is 23.7. The van der Waals surface area contributed by atoms with Gasteiger partial charge in [-0.15, -0.1) is 0 Å². The number of carboxylic acids is 1. The van der Waals surface area contributed by atoms with Crippen LogP contribution in [-0.4, -0.2) is 61.0 Å². The quantitative estimate of drug-likeness (QED) is 0.693. The minimum Gasteiger partial charge on any atom is -0.481 e. The summed E-state index contributed by atoms with van der Waals surface area (Å²) in [7, 11) is 0. The molecule has 2 fully saturated rings. The summed E-state index contributed by atoms with van der Waals surface area (Å²) >= 11 is 0. The van der Waals surface area contributed by atoms with E-state index in [1.807, 2.05) is 0 Å². The number of carbonyl (C=O) groups is 2. The van der Waals surface area contributed by atoms with Gasteiger partial charge in [0.05, 0.1) is 11.8 Å². The minimum atomic E-state index is -4.63. The summed E-state index contributed by atoms with van der Waals surface area (Å²) in [5.74, 6) is -4.51. The van der Waals surface area contributed by atoms with E-state index in [0.717, 1.165) is 4.90 Å². The van der Waals surface area contributed by atoms with Gasteiger partial charge in [0.2, 0.25) is 0 Å². The molecule has 1 aliphatic heterocycles. The van der Waals surface area contributed by atoms with Gasteiger partial charge in [0.1, 0.15) is 0 Å². The van der Waals surface area contributed by atoms with Crippen molar-refractivity contribution in [3.8, 4) is 0 Å². The molecule has 0 aromatic rings. The topological polar surface area (TPSA) is 78.9 Å². The Labute approximate surface area is 132 Å². The average molecular weight is 338 g/mol. The SMILES string of the molecule is O=C(O)[C@@H]1CN(C(=O)NCCCOCC2CC2)C[C@H]1C(F)(F)F. The standard InChI is InChI=1S/C14H21F3N2O4/c15-14(16,17)11-7-19(6-10(11)12(20)21)13(22)18-4-1-5-23-8-9-2-3-9/h9-11H,1-8H2,(H,18,22)(H,20,21)/t10-,11-/m1/s1. The Balaban J connectivity index is 1.70. The number of amides is 2. The highest BCUT2D eigenvalue weighted by atomic mass is 19.4. The maximum absolute atomic E-state index is 12.8. The molecule has 9 heteroatoms. The zero-order valence-corrected chi connectivity index (χ0v) is 12.6. The summed E-state index contributed by atoms with van der Waals surface area (Å²) in [6.07, 6.45) is -1.68. The van der Waals surface area contributed by atoms with E-state index >= 15 is 0 Å². The Hall–Kier alpha value is -1.51. The van der Waals surface area contributed by atoms with Crippen molar-refractivity contribution in [2.75, 3.05) is 32.8 Å². The van der Waals surface area contributed by atoms with E-state index in [-0.39, 0.29) is 6.54 Å². The van der Waals surface area contributed by atoms with Crippen LogP contribution in [0.25, 0.3) is 0 Å². The van der Waals surface area contributed by atoms with Crippen LogP contribution in [0.1, 0.15) is 19.3 Å². The van der Waals surface area contributed by atoms with Crippen LogP contribution >= 0.6 is 0 Å². The Bertz CT molecular complexity index is 440. The number of ether oxygens (including phenoxy) is 1. The first-order chi connectivity index (χ1) is 10.8. The van der Waals surface area contributed by atoms with Crippen LogP contribution < -0.4 is 5.32 Å². The molecule has 1 heterocycles. The van der Waals surface area contributed by atoms with Gasteiger partial charge in [-0.2, -0.15) is 13.2 Å². The van der Waals surface area contributed by atoms with Crippen LogP contribution in [0.15, 0.2) is 0 Å². The molecule has 0 aromatic heterocycles. The maximum Gasteiger partial charge on any atom is 0.394 e. The lowest BCUT2D eigenvalue weighted by atomic mass is 9.96. The lowest BCUT2D eigenvalue weighted by molar-refractivity contribution is -0.187. The van der Waals surface area contributed by atoms with Crippen molar-refractivity contribution in [3.05, 3.63) is 0 Å². The van der Waals surface area contributed by atoms with Crippen molar-refractivity contribution in [2.45, 2.75) is 25.4 Å². The van der Waals surface area contributed by atoms with Gasteiger partial charge in [-0.1, -0.05) is 0 Å². The van der Waals surface area contributed by atoms with Crippen LogP contribution in [0.4, 0.5) is 18.0 Å². The van der Waals surface area contributed by atoms with Crippen molar-refractivity contribution in [3.63, 3.8) is 0 Å². The molecule has 2 N–H and O–H groups in total. The lowest BCUT2D eigenvalue weighted by Crippen LogP contribution is -2.40. The van der Waals surface area contributed by atoms with Crippen molar-refractivity contribution in [1.82, 2.24) is 10.2 Å². The number of carbonyl (C=O) groups excluding carboxylic acids is 1. The number of likely N-dealkylation sites (tertiary alicyclic amines) is 1. The van der Waals surface area contributed by atoms with E-state index in [9.17, 15) is 22.8 Å². The lowest BCUT2D eigenvalue weighted by Gasteiger charge is -2.18. The fraction of sp³-hybridized carbons (Fsp3) is 0.857. The highest BCUT2D eigenvalue weighted by Gasteiger charge is 2.53. The van der Waals surface area contributed by atoms with Gasteiger partial charge >= 0.3 is 18.2 Å². The molecule has 0 bridgehead atoms.